The molecule has 5 heteroatoms. The highest BCUT2D eigenvalue weighted by Gasteiger charge is 2.16. The molecule has 0 radical (unpaired) electrons. The van der Waals surface area contributed by atoms with Gasteiger partial charge in [0.15, 0.2) is 0 Å². The number of aliphatic carboxylic acids is 1. The Morgan fingerprint density at radius 1 is 1.69 bits per heavy atom. The van der Waals surface area contributed by atoms with Crippen LogP contribution in [0.4, 0.5) is 0 Å². The van der Waals surface area contributed by atoms with Crippen molar-refractivity contribution < 1.29 is 14.6 Å². The van der Waals surface area contributed by atoms with Gasteiger partial charge >= 0.3 is 5.97 Å². The topological polar surface area (TPSA) is 59.4 Å². The number of carbonyl (C=O) groups is 1. The molecule has 2 heterocycles. The fourth-order valence-electron chi connectivity index (χ4n) is 1.28. The molecule has 1 aliphatic rings. The summed E-state index contributed by atoms with van der Waals surface area (Å²) in [6.07, 6.45) is 0.893. The van der Waals surface area contributed by atoms with Crippen molar-refractivity contribution in [2.45, 2.75) is 19.4 Å². The van der Waals surface area contributed by atoms with Crippen molar-refractivity contribution in [1.82, 2.24) is 4.98 Å². The molecule has 13 heavy (non-hydrogen) atoms. The van der Waals surface area contributed by atoms with Gasteiger partial charge in [-0.15, -0.1) is 11.3 Å². The molecule has 0 saturated carbocycles. The highest BCUT2D eigenvalue weighted by Crippen LogP contribution is 2.23. The monoisotopic (exact) mass is 199 g/mol. The maximum Gasteiger partial charge on any atom is 0.310 e. The van der Waals surface area contributed by atoms with Gasteiger partial charge in [0.2, 0.25) is 0 Å². The first-order valence-electron chi connectivity index (χ1n) is 4.02. The van der Waals surface area contributed by atoms with Crippen LogP contribution >= 0.6 is 11.3 Å². The summed E-state index contributed by atoms with van der Waals surface area (Å²) in [5.41, 5.74) is 0.924. The maximum absolute atomic E-state index is 10.4. The minimum Gasteiger partial charge on any atom is -0.481 e. The number of aromatic nitrogens is 1. The van der Waals surface area contributed by atoms with Crippen LogP contribution in [0.3, 0.4) is 0 Å². The number of ether oxygens (including phenoxy) is 1. The van der Waals surface area contributed by atoms with Crippen molar-refractivity contribution in [2.75, 3.05) is 6.61 Å². The Labute approximate surface area is 79.2 Å². The summed E-state index contributed by atoms with van der Waals surface area (Å²) in [5.74, 6) is -0.827. The molecule has 0 spiro atoms. The smallest absolute Gasteiger partial charge is 0.310 e. The first-order valence-corrected chi connectivity index (χ1v) is 4.84. The summed E-state index contributed by atoms with van der Waals surface area (Å²) in [5, 5.41) is 9.25. The van der Waals surface area contributed by atoms with Crippen LogP contribution in [0.15, 0.2) is 0 Å². The van der Waals surface area contributed by atoms with Crippen LogP contribution in [0.25, 0.3) is 0 Å². The third-order valence-electron chi connectivity index (χ3n) is 1.84. The molecule has 0 unspecified atom stereocenters. The number of carboxylic acids is 1. The van der Waals surface area contributed by atoms with Gasteiger partial charge in [-0.25, -0.2) is 4.98 Å². The maximum atomic E-state index is 10.4. The van der Waals surface area contributed by atoms with Gasteiger partial charge in [-0.1, -0.05) is 0 Å². The Kier molecular flexibility index (Phi) is 2.28. The number of nitrogens with zero attached hydrogens (tertiary/aromatic N) is 1. The summed E-state index contributed by atoms with van der Waals surface area (Å²) in [7, 11) is 0. The van der Waals surface area contributed by atoms with E-state index in [0.717, 1.165) is 18.7 Å². The summed E-state index contributed by atoms with van der Waals surface area (Å²) < 4.78 is 5.21. The Morgan fingerprint density at radius 2 is 2.54 bits per heavy atom. The zero-order valence-corrected chi connectivity index (χ0v) is 7.76. The Bertz CT molecular complexity index is 311. The van der Waals surface area contributed by atoms with E-state index in [0.29, 0.717) is 11.6 Å². The highest BCUT2D eigenvalue weighted by molar-refractivity contribution is 7.11. The van der Waals surface area contributed by atoms with E-state index in [1.807, 2.05) is 0 Å². The van der Waals surface area contributed by atoms with Gasteiger partial charge in [-0.2, -0.15) is 0 Å². The molecule has 1 aromatic rings. The molecule has 0 aliphatic carbocycles. The minimum absolute atomic E-state index is 0.0255. The molecule has 1 aliphatic heterocycles. The predicted octanol–water partition coefficient (Wildman–Crippen LogP) is 0.843. The van der Waals surface area contributed by atoms with E-state index in [-0.39, 0.29) is 6.42 Å². The molecule has 2 rings (SSSR count). The van der Waals surface area contributed by atoms with Gasteiger partial charge in [0, 0.05) is 11.3 Å². The van der Waals surface area contributed by atoms with Crippen LogP contribution in [0, 0.1) is 0 Å². The van der Waals surface area contributed by atoms with Crippen LogP contribution in [-0.2, 0) is 29.0 Å². The number of rotatable bonds is 2. The van der Waals surface area contributed by atoms with E-state index >= 15 is 0 Å². The zero-order chi connectivity index (χ0) is 9.26. The lowest BCUT2D eigenvalue weighted by molar-refractivity contribution is -0.136. The molecule has 0 atom stereocenters. The third-order valence-corrected chi connectivity index (χ3v) is 2.99. The third kappa shape index (κ3) is 1.87. The van der Waals surface area contributed by atoms with Crippen molar-refractivity contribution in [1.29, 1.82) is 0 Å². The molecule has 4 nitrogen and oxygen atoms in total. The van der Waals surface area contributed by atoms with E-state index in [2.05, 4.69) is 4.98 Å². The lowest BCUT2D eigenvalue weighted by atomic mass is 10.2. The highest BCUT2D eigenvalue weighted by atomic mass is 32.1. The van der Waals surface area contributed by atoms with E-state index in [9.17, 15) is 4.79 Å². The van der Waals surface area contributed by atoms with Crippen molar-refractivity contribution in [3.63, 3.8) is 0 Å². The normalized spacial score (nSPS) is 15.4. The van der Waals surface area contributed by atoms with E-state index in [1.54, 1.807) is 0 Å². The zero-order valence-electron chi connectivity index (χ0n) is 6.95. The Balaban J connectivity index is 2.20. The summed E-state index contributed by atoms with van der Waals surface area (Å²) in [6, 6.07) is 0. The average Bonchev–Trinajstić information content (AvgIpc) is 2.44. The van der Waals surface area contributed by atoms with Crippen LogP contribution in [0.1, 0.15) is 15.6 Å². The van der Waals surface area contributed by atoms with Crippen LogP contribution in [0.2, 0.25) is 0 Å². The molecule has 70 valence electrons. The van der Waals surface area contributed by atoms with Crippen LogP contribution in [0.5, 0.6) is 0 Å². The molecule has 0 aromatic carbocycles. The van der Waals surface area contributed by atoms with E-state index in [4.69, 9.17) is 9.84 Å². The SMILES string of the molecule is O=C(O)Cc1nc2c(s1)CCOC2. The number of fused-ring (bicyclic) bond motifs is 1. The van der Waals surface area contributed by atoms with Crippen molar-refractivity contribution in [3.8, 4) is 0 Å². The number of hydrogen-bond acceptors (Lipinski definition) is 4. The van der Waals surface area contributed by atoms with Gasteiger partial charge in [0.05, 0.1) is 25.3 Å². The first-order chi connectivity index (χ1) is 6.25. The van der Waals surface area contributed by atoms with Crippen molar-refractivity contribution in [3.05, 3.63) is 15.6 Å². The average molecular weight is 199 g/mol. The van der Waals surface area contributed by atoms with Crippen LogP contribution in [-0.4, -0.2) is 22.7 Å². The van der Waals surface area contributed by atoms with Gasteiger partial charge in [0.1, 0.15) is 5.01 Å². The standard InChI is InChI=1S/C8H9NO3S/c10-8(11)3-7-9-5-4-12-2-1-6(5)13-7/h1-4H2,(H,10,11). The number of carboxylic acid groups (broad SMARTS) is 1. The van der Waals surface area contributed by atoms with Crippen molar-refractivity contribution in [2.24, 2.45) is 0 Å². The summed E-state index contributed by atoms with van der Waals surface area (Å²) >= 11 is 1.49. The quantitative estimate of drug-likeness (QED) is 0.766. The van der Waals surface area contributed by atoms with Gasteiger partial charge in [-0.3, -0.25) is 4.79 Å². The molecule has 1 aromatic heterocycles. The lowest BCUT2D eigenvalue weighted by Crippen LogP contribution is -2.07. The second-order valence-corrected chi connectivity index (χ2v) is 4.02. The fraction of sp³-hybridized carbons (Fsp3) is 0.500. The second-order valence-electron chi connectivity index (χ2n) is 2.85. The molecule has 0 amide bonds. The summed E-state index contributed by atoms with van der Waals surface area (Å²) in [6.45, 7) is 1.26. The number of hydrogen-bond donors (Lipinski definition) is 1. The molecular formula is C8H9NO3S. The molecule has 0 bridgehead atoms. The van der Waals surface area contributed by atoms with E-state index < -0.39 is 5.97 Å². The Morgan fingerprint density at radius 3 is 3.23 bits per heavy atom. The minimum atomic E-state index is -0.827. The molecular weight excluding hydrogens is 190 g/mol. The first kappa shape index (κ1) is 8.65. The Hall–Kier alpha value is -0.940. The van der Waals surface area contributed by atoms with Crippen LogP contribution < -0.4 is 0 Å². The van der Waals surface area contributed by atoms with Gasteiger partial charge in [-0.05, 0) is 0 Å². The largest absolute Gasteiger partial charge is 0.481 e. The molecule has 1 N–H and O–H groups in total. The molecule has 0 fully saturated rings. The second kappa shape index (κ2) is 3.43. The number of thiazole rings is 1. The predicted molar refractivity (Wildman–Crippen MR) is 46.8 cm³/mol. The van der Waals surface area contributed by atoms with E-state index in [1.165, 1.54) is 16.2 Å². The fourth-order valence-corrected chi connectivity index (χ4v) is 2.33. The van der Waals surface area contributed by atoms with Gasteiger partial charge < -0.3 is 9.84 Å². The lowest BCUT2D eigenvalue weighted by Gasteiger charge is -2.08. The molecule has 0 saturated heterocycles. The summed E-state index contributed by atoms with van der Waals surface area (Å²) in [4.78, 5) is 15.8. The van der Waals surface area contributed by atoms with Crippen molar-refractivity contribution >= 4 is 17.3 Å². The van der Waals surface area contributed by atoms with Gasteiger partial charge in [0.25, 0.3) is 0 Å².